The minimum atomic E-state index is 0.315. The van der Waals surface area contributed by atoms with Gasteiger partial charge >= 0.3 is 0 Å². The van der Waals surface area contributed by atoms with Gasteiger partial charge < -0.3 is 9.64 Å². The molecule has 0 N–H and O–H groups in total. The Hall–Kier alpha value is -1.32. The zero-order valence-electron chi connectivity index (χ0n) is 11.7. The van der Waals surface area contributed by atoms with Crippen LogP contribution in [0.2, 0.25) is 0 Å². The highest BCUT2D eigenvalue weighted by Crippen LogP contribution is 2.30. The standard InChI is InChI=1S/C16H19ClN2O/c1-20-13-5-4-8-19(11-13)16-9-12(10-17)18-15-7-3-2-6-14(15)16/h2-3,6-7,9,13H,4-5,8,10-11H2,1H3. The summed E-state index contributed by atoms with van der Waals surface area (Å²) in [6, 6.07) is 10.4. The number of aromatic nitrogens is 1. The van der Waals surface area contributed by atoms with Gasteiger partial charge in [0.05, 0.1) is 23.2 Å². The molecule has 0 amide bonds. The Labute approximate surface area is 124 Å². The summed E-state index contributed by atoms with van der Waals surface area (Å²) < 4.78 is 5.53. The topological polar surface area (TPSA) is 25.4 Å². The molecule has 20 heavy (non-hydrogen) atoms. The number of rotatable bonds is 3. The lowest BCUT2D eigenvalue weighted by Gasteiger charge is -2.34. The Kier molecular flexibility index (Phi) is 4.08. The van der Waals surface area contributed by atoms with Crippen LogP contribution in [0.4, 0.5) is 5.69 Å². The van der Waals surface area contributed by atoms with Crippen molar-refractivity contribution in [1.29, 1.82) is 0 Å². The summed E-state index contributed by atoms with van der Waals surface area (Å²) >= 11 is 5.99. The molecule has 0 saturated carbocycles. The highest BCUT2D eigenvalue weighted by Gasteiger charge is 2.21. The molecular weight excluding hydrogens is 272 g/mol. The lowest BCUT2D eigenvalue weighted by Crippen LogP contribution is -2.39. The summed E-state index contributed by atoms with van der Waals surface area (Å²) in [6.45, 7) is 2.00. The van der Waals surface area contributed by atoms with Gasteiger partial charge in [-0.05, 0) is 25.0 Å². The summed E-state index contributed by atoms with van der Waals surface area (Å²) in [7, 11) is 1.79. The summed E-state index contributed by atoms with van der Waals surface area (Å²) in [5.41, 5.74) is 3.17. The number of hydrogen-bond acceptors (Lipinski definition) is 3. The van der Waals surface area contributed by atoms with Crippen LogP contribution >= 0.6 is 11.6 Å². The summed E-state index contributed by atoms with van der Waals surface area (Å²) in [4.78, 5) is 7.00. The van der Waals surface area contributed by atoms with Crippen molar-refractivity contribution < 1.29 is 4.74 Å². The van der Waals surface area contributed by atoms with Crippen molar-refractivity contribution >= 4 is 28.2 Å². The molecule has 1 atom stereocenters. The number of para-hydroxylation sites is 1. The molecule has 3 rings (SSSR count). The van der Waals surface area contributed by atoms with E-state index in [0.717, 1.165) is 37.1 Å². The van der Waals surface area contributed by atoms with Gasteiger partial charge in [-0.3, -0.25) is 4.98 Å². The van der Waals surface area contributed by atoms with Gasteiger partial charge in [0.15, 0.2) is 0 Å². The van der Waals surface area contributed by atoms with E-state index in [0.29, 0.717) is 12.0 Å². The molecule has 0 spiro atoms. The Morgan fingerprint density at radius 1 is 1.40 bits per heavy atom. The third-order valence-electron chi connectivity index (χ3n) is 3.94. The number of benzene rings is 1. The van der Waals surface area contributed by atoms with Crippen LogP contribution in [-0.2, 0) is 10.6 Å². The molecule has 3 nitrogen and oxygen atoms in total. The Morgan fingerprint density at radius 3 is 3.05 bits per heavy atom. The fraction of sp³-hybridized carbons (Fsp3) is 0.438. The molecule has 1 saturated heterocycles. The Morgan fingerprint density at radius 2 is 2.25 bits per heavy atom. The van der Waals surface area contributed by atoms with E-state index in [4.69, 9.17) is 16.3 Å². The highest BCUT2D eigenvalue weighted by atomic mass is 35.5. The molecule has 1 aromatic carbocycles. The maximum absolute atomic E-state index is 5.99. The Balaban J connectivity index is 2.04. The van der Waals surface area contributed by atoms with Crippen molar-refractivity contribution in [2.24, 2.45) is 0 Å². The maximum atomic E-state index is 5.99. The molecule has 1 aromatic heterocycles. The number of nitrogens with zero attached hydrogens (tertiary/aromatic N) is 2. The van der Waals surface area contributed by atoms with Crippen LogP contribution in [0.1, 0.15) is 18.5 Å². The van der Waals surface area contributed by atoms with Crippen LogP contribution in [0.25, 0.3) is 10.9 Å². The molecule has 106 valence electrons. The van der Waals surface area contributed by atoms with Gasteiger partial charge in [-0.2, -0.15) is 0 Å². The number of piperidine rings is 1. The van der Waals surface area contributed by atoms with Crippen LogP contribution in [0, 0.1) is 0 Å². The van der Waals surface area contributed by atoms with Crippen molar-refractivity contribution in [3.63, 3.8) is 0 Å². The van der Waals surface area contributed by atoms with Crippen LogP contribution in [0.5, 0.6) is 0 Å². The van der Waals surface area contributed by atoms with Gasteiger partial charge in [-0.25, -0.2) is 0 Å². The lowest BCUT2D eigenvalue weighted by atomic mass is 10.1. The molecule has 2 heterocycles. The number of alkyl halides is 1. The average molecular weight is 291 g/mol. The molecule has 2 aromatic rings. The molecule has 0 aliphatic carbocycles. The highest BCUT2D eigenvalue weighted by molar-refractivity contribution is 6.17. The first-order valence-corrected chi connectivity index (χ1v) is 7.57. The number of hydrogen-bond donors (Lipinski definition) is 0. The average Bonchev–Trinajstić information content (AvgIpc) is 2.53. The fourth-order valence-corrected chi connectivity index (χ4v) is 3.03. The van der Waals surface area contributed by atoms with Gasteiger partial charge in [-0.15, -0.1) is 11.6 Å². The van der Waals surface area contributed by atoms with Crippen molar-refractivity contribution in [1.82, 2.24) is 4.98 Å². The van der Waals surface area contributed by atoms with Gasteiger partial charge in [0.1, 0.15) is 0 Å². The third kappa shape index (κ3) is 2.60. The van der Waals surface area contributed by atoms with Gasteiger partial charge in [0.2, 0.25) is 0 Å². The van der Waals surface area contributed by atoms with E-state index in [-0.39, 0.29) is 0 Å². The number of methoxy groups -OCH3 is 1. The predicted molar refractivity (Wildman–Crippen MR) is 83.5 cm³/mol. The predicted octanol–water partition coefficient (Wildman–Crippen LogP) is 3.59. The van der Waals surface area contributed by atoms with Crippen LogP contribution < -0.4 is 4.90 Å². The van der Waals surface area contributed by atoms with Crippen molar-refractivity contribution in [2.45, 2.75) is 24.8 Å². The van der Waals surface area contributed by atoms with E-state index in [1.54, 1.807) is 7.11 Å². The Bertz CT molecular complexity index is 602. The molecule has 1 aliphatic heterocycles. The second-order valence-corrected chi connectivity index (χ2v) is 5.50. The first-order chi connectivity index (χ1) is 9.81. The molecular formula is C16H19ClN2O. The monoisotopic (exact) mass is 290 g/mol. The minimum Gasteiger partial charge on any atom is -0.380 e. The van der Waals surface area contributed by atoms with E-state index in [1.807, 2.05) is 12.1 Å². The van der Waals surface area contributed by atoms with Crippen molar-refractivity contribution in [2.75, 3.05) is 25.1 Å². The van der Waals surface area contributed by atoms with Gasteiger partial charge in [0.25, 0.3) is 0 Å². The molecule has 1 fully saturated rings. The first-order valence-electron chi connectivity index (χ1n) is 7.04. The van der Waals surface area contributed by atoms with E-state index < -0.39 is 0 Å². The zero-order valence-corrected chi connectivity index (χ0v) is 12.4. The largest absolute Gasteiger partial charge is 0.380 e. The minimum absolute atomic E-state index is 0.315. The molecule has 1 aliphatic rings. The number of halogens is 1. The number of ether oxygens (including phenoxy) is 1. The van der Waals surface area contributed by atoms with Crippen LogP contribution in [-0.4, -0.2) is 31.3 Å². The number of anilines is 1. The zero-order chi connectivity index (χ0) is 13.9. The second kappa shape index (κ2) is 5.98. The fourth-order valence-electron chi connectivity index (χ4n) is 2.89. The van der Waals surface area contributed by atoms with E-state index >= 15 is 0 Å². The van der Waals surface area contributed by atoms with Crippen molar-refractivity contribution in [3.8, 4) is 0 Å². The molecule has 0 bridgehead atoms. The first kappa shape index (κ1) is 13.7. The van der Waals surface area contributed by atoms with Crippen LogP contribution in [0.3, 0.4) is 0 Å². The molecule has 0 radical (unpaired) electrons. The summed E-state index contributed by atoms with van der Waals surface area (Å²) in [6.07, 6.45) is 2.61. The quantitative estimate of drug-likeness (QED) is 0.808. The normalized spacial score (nSPS) is 19.5. The molecule has 4 heteroatoms. The van der Waals surface area contributed by atoms with Crippen LogP contribution in [0.15, 0.2) is 30.3 Å². The van der Waals surface area contributed by atoms with E-state index in [1.165, 1.54) is 11.1 Å². The third-order valence-corrected chi connectivity index (χ3v) is 4.21. The van der Waals surface area contributed by atoms with Gasteiger partial charge in [-0.1, -0.05) is 18.2 Å². The number of pyridine rings is 1. The SMILES string of the molecule is COC1CCCN(c2cc(CCl)nc3ccccc23)C1. The number of fused-ring (bicyclic) bond motifs is 1. The smallest absolute Gasteiger partial charge is 0.0746 e. The van der Waals surface area contributed by atoms with Crippen molar-refractivity contribution in [3.05, 3.63) is 36.0 Å². The summed E-state index contributed by atoms with van der Waals surface area (Å²) in [5.74, 6) is 0.444. The van der Waals surface area contributed by atoms with Gasteiger partial charge in [0, 0.05) is 31.3 Å². The molecule has 1 unspecified atom stereocenters. The maximum Gasteiger partial charge on any atom is 0.0746 e. The lowest BCUT2D eigenvalue weighted by molar-refractivity contribution is 0.0894. The summed E-state index contributed by atoms with van der Waals surface area (Å²) in [5, 5.41) is 1.19. The van der Waals surface area contributed by atoms with E-state index in [9.17, 15) is 0 Å². The van der Waals surface area contributed by atoms with E-state index in [2.05, 4.69) is 28.1 Å². The second-order valence-electron chi connectivity index (χ2n) is 5.23.